The Morgan fingerprint density at radius 3 is 2.77 bits per heavy atom. The Kier molecular flexibility index (Phi) is 4.22. The second-order valence-electron chi connectivity index (χ2n) is 7.29. The van der Waals surface area contributed by atoms with Crippen LogP contribution >= 0.6 is 34.3 Å². The second-order valence-corrected chi connectivity index (χ2v) is 9.77. The summed E-state index contributed by atoms with van der Waals surface area (Å²) in [6, 6.07) is 7.52. The molecule has 7 nitrogen and oxygen atoms in total. The minimum Gasteiger partial charge on any atom is -0.291 e. The van der Waals surface area contributed by atoms with E-state index in [-0.39, 0.29) is 12.1 Å². The van der Waals surface area contributed by atoms with Crippen LogP contribution in [0.3, 0.4) is 0 Å². The summed E-state index contributed by atoms with van der Waals surface area (Å²) in [5, 5.41) is 15.4. The number of hydrogen-bond donors (Lipinski definition) is 0. The van der Waals surface area contributed by atoms with Gasteiger partial charge in [-0.2, -0.15) is 9.61 Å². The van der Waals surface area contributed by atoms with Crippen LogP contribution in [0.15, 0.2) is 35.4 Å². The lowest BCUT2D eigenvalue weighted by Crippen LogP contribution is -2.22. The molecule has 0 unspecified atom stereocenters. The highest BCUT2D eigenvalue weighted by Crippen LogP contribution is 2.33. The Balaban J connectivity index is 1.40. The average Bonchev–Trinajstić information content (AvgIpc) is 3.44. The Labute approximate surface area is 183 Å². The molecule has 5 aromatic rings. The molecule has 0 atom stereocenters. The van der Waals surface area contributed by atoms with Crippen molar-refractivity contribution in [3.63, 3.8) is 0 Å². The van der Waals surface area contributed by atoms with Crippen molar-refractivity contribution in [2.24, 2.45) is 0 Å². The number of thiophene rings is 1. The van der Waals surface area contributed by atoms with Gasteiger partial charge in [-0.25, -0.2) is 4.98 Å². The fourth-order valence-electron chi connectivity index (χ4n) is 3.91. The van der Waals surface area contributed by atoms with Gasteiger partial charge in [-0.05, 0) is 43.4 Å². The minimum atomic E-state index is -0.00990. The van der Waals surface area contributed by atoms with Gasteiger partial charge in [0.15, 0.2) is 5.82 Å². The lowest BCUT2D eigenvalue weighted by atomic mass is 9.97. The molecule has 0 amide bonds. The number of hydrogen-bond acceptors (Lipinski definition) is 7. The zero-order valence-corrected chi connectivity index (χ0v) is 18.1. The van der Waals surface area contributed by atoms with Crippen LogP contribution in [0.2, 0.25) is 5.02 Å². The minimum absolute atomic E-state index is 0.00990. The van der Waals surface area contributed by atoms with E-state index in [1.165, 1.54) is 28.2 Å². The number of fused-ring (bicyclic) bond motifs is 4. The highest BCUT2D eigenvalue weighted by Gasteiger charge is 2.21. The number of benzene rings is 1. The fourth-order valence-corrected chi connectivity index (χ4v) is 6.12. The summed E-state index contributed by atoms with van der Waals surface area (Å²) in [7, 11) is 0. The van der Waals surface area contributed by atoms with E-state index in [0.29, 0.717) is 15.8 Å². The molecule has 0 N–H and O–H groups in total. The summed E-state index contributed by atoms with van der Waals surface area (Å²) in [6.07, 6.45) is 5.94. The molecular formula is C20H15ClN6OS2. The maximum Gasteiger partial charge on any atom is 0.262 e. The first-order valence-electron chi connectivity index (χ1n) is 9.64. The van der Waals surface area contributed by atoms with E-state index < -0.39 is 0 Å². The highest BCUT2D eigenvalue weighted by atomic mass is 35.5. The van der Waals surface area contributed by atoms with Crippen LogP contribution < -0.4 is 5.56 Å². The van der Waals surface area contributed by atoms with Gasteiger partial charge < -0.3 is 0 Å². The molecule has 0 aliphatic heterocycles. The predicted molar refractivity (Wildman–Crippen MR) is 119 cm³/mol. The van der Waals surface area contributed by atoms with Crippen LogP contribution in [0.25, 0.3) is 25.7 Å². The van der Waals surface area contributed by atoms with Gasteiger partial charge in [0.1, 0.15) is 9.84 Å². The number of aryl methyl sites for hydroxylation is 2. The molecule has 0 saturated carbocycles. The Morgan fingerprint density at radius 2 is 1.90 bits per heavy atom. The van der Waals surface area contributed by atoms with Gasteiger partial charge in [0.25, 0.3) is 5.56 Å². The zero-order chi connectivity index (χ0) is 20.2. The first-order valence-corrected chi connectivity index (χ1v) is 11.7. The van der Waals surface area contributed by atoms with Gasteiger partial charge >= 0.3 is 0 Å². The van der Waals surface area contributed by atoms with Gasteiger partial charge in [-0.3, -0.25) is 9.36 Å². The van der Waals surface area contributed by atoms with Crippen molar-refractivity contribution in [1.29, 1.82) is 0 Å². The van der Waals surface area contributed by atoms with E-state index in [1.54, 1.807) is 26.7 Å². The molecule has 4 aromatic heterocycles. The highest BCUT2D eigenvalue weighted by molar-refractivity contribution is 7.19. The largest absolute Gasteiger partial charge is 0.291 e. The maximum absolute atomic E-state index is 13.2. The smallest absolute Gasteiger partial charge is 0.262 e. The van der Waals surface area contributed by atoms with Crippen molar-refractivity contribution in [3.8, 4) is 10.6 Å². The molecule has 0 bridgehead atoms. The Hall–Kier alpha value is -2.62. The predicted octanol–water partition coefficient (Wildman–Crippen LogP) is 4.20. The molecule has 0 saturated heterocycles. The van der Waals surface area contributed by atoms with E-state index in [2.05, 4.69) is 20.3 Å². The van der Waals surface area contributed by atoms with E-state index >= 15 is 0 Å². The topological polar surface area (TPSA) is 78.0 Å². The average molecular weight is 455 g/mol. The van der Waals surface area contributed by atoms with Gasteiger partial charge in [0.2, 0.25) is 4.96 Å². The van der Waals surface area contributed by atoms with E-state index in [0.717, 1.165) is 40.1 Å². The third-order valence-electron chi connectivity index (χ3n) is 5.40. The number of nitrogens with zero attached hydrogens (tertiary/aromatic N) is 6. The number of rotatable bonds is 3. The SMILES string of the molecule is O=c1c2c3c(sc2ncn1Cc1nnc2sc(-c4ccc(Cl)cc4)nn12)CCCC3. The molecule has 0 radical (unpaired) electrons. The zero-order valence-electron chi connectivity index (χ0n) is 15.7. The third-order valence-corrected chi connectivity index (χ3v) is 7.80. The molecular weight excluding hydrogens is 440 g/mol. The summed E-state index contributed by atoms with van der Waals surface area (Å²) in [6.45, 7) is 0.275. The standard InChI is InChI=1S/C20H15ClN6OS2/c21-12-7-5-11(6-8-12)17-25-27-15(23-24-20(27)30-17)9-26-10-22-18-16(19(26)28)13-3-1-2-4-14(13)29-18/h5-8,10H,1-4,9H2. The molecule has 4 heterocycles. The van der Waals surface area contributed by atoms with Crippen LogP contribution in [-0.4, -0.2) is 29.4 Å². The van der Waals surface area contributed by atoms with Gasteiger partial charge in [-0.15, -0.1) is 21.5 Å². The quantitative estimate of drug-likeness (QED) is 0.408. The van der Waals surface area contributed by atoms with Crippen LogP contribution in [0.4, 0.5) is 0 Å². The fraction of sp³-hybridized carbons (Fsp3) is 0.250. The van der Waals surface area contributed by atoms with Crippen molar-refractivity contribution >= 4 is 49.5 Å². The maximum atomic E-state index is 13.2. The van der Waals surface area contributed by atoms with Gasteiger partial charge in [0, 0.05) is 15.5 Å². The van der Waals surface area contributed by atoms with E-state index in [1.807, 2.05) is 24.3 Å². The molecule has 0 spiro atoms. The normalized spacial score (nSPS) is 13.9. The van der Waals surface area contributed by atoms with Crippen molar-refractivity contribution in [2.45, 2.75) is 32.2 Å². The lowest BCUT2D eigenvalue weighted by molar-refractivity contribution is 0.678. The molecule has 150 valence electrons. The van der Waals surface area contributed by atoms with Crippen LogP contribution in [0, 0.1) is 0 Å². The van der Waals surface area contributed by atoms with Crippen LogP contribution in [0.1, 0.15) is 29.1 Å². The van der Waals surface area contributed by atoms with Crippen molar-refractivity contribution in [3.05, 3.63) is 62.2 Å². The molecule has 0 fully saturated rings. The summed E-state index contributed by atoms with van der Waals surface area (Å²) >= 11 is 9.09. The van der Waals surface area contributed by atoms with Crippen molar-refractivity contribution in [2.75, 3.05) is 0 Å². The molecule has 30 heavy (non-hydrogen) atoms. The number of halogens is 1. The summed E-state index contributed by atoms with van der Waals surface area (Å²) < 4.78 is 3.32. The van der Waals surface area contributed by atoms with E-state index in [9.17, 15) is 4.79 Å². The lowest BCUT2D eigenvalue weighted by Gasteiger charge is -2.10. The third kappa shape index (κ3) is 2.88. The monoisotopic (exact) mass is 454 g/mol. The van der Waals surface area contributed by atoms with Gasteiger partial charge in [0.05, 0.1) is 18.3 Å². The van der Waals surface area contributed by atoms with Crippen LogP contribution in [0.5, 0.6) is 0 Å². The second kappa shape index (κ2) is 6.97. The van der Waals surface area contributed by atoms with Crippen molar-refractivity contribution in [1.82, 2.24) is 29.4 Å². The molecule has 1 aliphatic carbocycles. The van der Waals surface area contributed by atoms with E-state index in [4.69, 9.17) is 11.6 Å². The Morgan fingerprint density at radius 1 is 1.07 bits per heavy atom. The molecule has 1 aliphatic rings. The van der Waals surface area contributed by atoms with Crippen molar-refractivity contribution < 1.29 is 0 Å². The van der Waals surface area contributed by atoms with Gasteiger partial charge in [-0.1, -0.05) is 35.1 Å². The first kappa shape index (κ1) is 18.2. The van der Waals surface area contributed by atoms with Crippen LogP contribution in [-0.2, 0) is 19.4 Å². The number of aromatic nitrogens is 6. The summed E-state index contributed by atoms with van der Waals surface area (Å²) in [4.78, 5) is 20.6. The summed E-state index contributed by atoms with van der Waals surface area (Å²) in [5.74, 6) is 0.605. The summed E-state index contributed by atoms with van der Waals surface area (Å²) in [5.41, 5.74) is 2.15. The molecule has 1 aromatic carbocycles. The molecule has 6 rings (SSSR count). The molecule has 10 heteroatoms. The first-order chi connectivity index (χ1) is 14.7. The Bertz CT molecular complexity index is 1460.